The van der Waals surface area contributed by atoms with Crippen LogP contribution in [0.1, 0.15) is 105 Å². The van der Waals surface area contributed by atoms with Gasteiger partial charge in [-0.25, -0.2) is 29.9 Å². The topological polar surface area (TPSA) is 83.8 Å². The quantitative estimate of drug-likeness (QED) is 0.132. The van der Waals surface area contributed by atoms with E-state index in [0.717, 1.165) is 78.6 Å². The minimum absolute atomic E-state index is 0.0622. The summed E-state index contributed by atoms with van der Waals surface area (Å²) in [4.78, 5) is 37.5. The van der Waals surface area contributed by atoms with Crippen LogP contribution in [0.15, 0.2) is 237 Å². The third-order valence-corrected chi connectivity index (χ3v) is 18.0. The highest BCUT2D eigenvalue weighted by molar-refractivity contribution is 7.00. The van der Waals surface area contributed by atoms with Crippen molar-refractivity contribution >= 4 is 57.2 Å². The number of hydrogen-bond acceptors (Lipinski definition) is 8. The summed E-state index contributed by atoms with van der Waals surface area (Å²) in [5.41, 5.74) is 21.9. The maximum Gasteiger partial charge on any atom is 0.252 e. The number of anilines is 6. The van der Waals surface area contributed by atoms with Gasteiger partial charge in [0, 0.05) is 73.1 Å². The molecule has 0 saturated carbocycles. The Morgan fingerprint density at radius 2 is 0.560 bits per heavy atom. The van der Waals surface area contributed by atoms with Crippen molar-refractivity contribution in [2.24, 2.45) is 0 Å². The van der Waals surface area contributed by atoms with E-state index in [1.165, 1.54) is 38.6 Å². The van der Waals surface area contributed by atoms with Gasteiger partial charge in [-0.05, 0) is 114 Å². The monoisotopic (exact) mass is 1180 g/mol. The molecule has 9 heteroatoms. The molecule has 2 aliphatic rings. The second kappa shape index (κ2) is 22.4. The number of rotatable bonds is 9. The van der Waals surface area contributed by atoms with Crippen LogP contribution in [-0.4, -0.2) is 36.6 Å². The van der Waals surface area contributed by atoms with Gasteiger partial charge in [-0.3, -0.25) is 0 Å². The molecular weight excluding hydrogens is 1110 g/mol. The van der Waals surface area contributed by atoms with Crippen molar-refractivity contribution in [1.29, 1.82) is 0 Å². The average molecular weight is 1180 g/mol. The number of nitrogens with zero attached hydrogens (tertiary/aromatic N) is 8. The molecule has 0 spiro atoms. The summed E-state index contributed by atoms with van der Waals surface area (Å²) >= 11 is 0. The van der Waals surface area contributed by atoms with E-state index < -0.39 is 0 Å². The summed E-state index contributed by atoms with van der Waals surface area (Å²) in [6.07, 6.45) is 0. The van der Waals surface area contributed by atoms with Gasteiger partial charge in [0.1, 0.15) is 0 Å². The molecule has 0 amide bonds. The van der Waals surface area contributed by atoms with Gasteiger partial charge in [0.25, 0.3) is 6.71 Å². The molecule has 0 radical (unpaired) electrons. The first kappa shape index (κ1) is 58.6. The average Bonchev–Trinajstić information content (AvgIpc) is 0.695. The van der Waals surface area contributed by atoms with Gasteiger partial charge in [-0.15, -0.1) is 0 Å². The van der Waals surface area contributed by atoms with Gasteiger partial charge in [0.15, 0.2) is 34.9 Å². The molecule has 14 rings (SSSR count). The molecule has 0 unspecified atom stereocenters. The summed E-state index contributed by atoms with van der Waals surface area (Å²) in [5, 5.41) is 0. The van der Waals surface area contributed by atoms with Crippen LogP contribution in [-0.2, 0) is 21.7 Å². The van der Waals surface area contributed by atoms with E-state index in [9.17, 15) is 0 Å². The zero-order valence-electron chi connectivity index (χ0n) is 54.2. The molecule has 0 aliphatic carbocycles. The van der Waals surface area contributed by atoms with Crippen molar-refractivity contribution in [3.8, 4) is 79.5 Å². The highest BCUT2D eigenvalue weighted by Gasteiger charge is 2.45. The maximum atomic E-state index is 5.50. The Hall–Kier alpha value is -10.1. The SMILES string of the molecule is CC(C)(C)c1ccc(N2c3ccc(C(C)(C)C)cc3B3c4cc(C(C)(C)C)ccc4N(c4ccc(C(C)(C)C)cc4)c4cc(-c5c(-c6nc(-c7ccccc7)nc(-c7ccccc7)n6)cccc5-c5nc(-c6ccccc6)nc(-c6ccccc6)n5)cc2c43)cc1. The predicted octanol–water partition coefficient (Wildman–Crippen LogP) is 19.0. The van der Waals surface area contributed by atoms with Crippen molar-refractivity contribution in [3.05, 3.63) is 259 Å². The molecule has 0 bridgehead atoms. The molecule has 2 aromatic heterocycles. The van der Waals surface area contributed by atoms with E-state index in [0.29, 0.717) is 34.9 Å². The van der Waals surface area contributed by atoms with E-state index in [1.807, 2.05) is 72.8 Å². The van der Waals surface area contributed by atoms with Crippen LogP contribution in [0, 0.1) is 0 Å². The lowest BCUT2D eigenvalue weighted by Crippen LogP contribution is -2.61. The lowest BCUT2D eigenvalue weighted by molar-refractivity contribution is 0.590. The van der Waals surface area contributed by atoms with Gasteiger partial charge >= 0.3 is 0 Å². The van der Waals surface area contributed by atoms with Gasteiger partial charge in [0.05, 0.1) is 0 Å². The zero-order chi connectivity index (χ0) is 63.1. The molecule has 0 atom stereocenters. The van der Waals surface area contributed by atoms with Crippen molar-refractivity contribution < 1.29 is 0 Å². The Kier molecular flexibility index (Phi) is 14.4. The smallest absolute Gasteiger partial charge is 0.252 e. The highest BCUT2D eigenvalue weighted by atomic mass is 15.2. The number of fused-ring (bicyclic) bond motifs is 4. The molecule has 91 heavy (non-hydrogen) atoms. The Morgan fingerprint density at radius 3 is 0.868 bits per heavy atom. The first-order valence-corrected chi connectivity index (χ1v) is 31.8. The first-order chi connectivity index (χ1) is 43.6. The summed E-state index contributed by atoms with van der Waals surface area (Å²) in [7, 11) is 0. The van der Waals surface area contributed by atoms with Gasteiger partial charge in [-0.1, -0.05) is 271 Å². The van der Waals surface area contributed by atoms with Crippen LogP contribution >= 0.6 is 0 Å². The Bertz CT molecular complexity index is 4310. The fourth-order valence-electron chi connectivity index (χ4n) is 13.0. The van der Waals surface area contributed by atoms with E-state index in [4.69, 9.17) is 29.9 Å². The minimum Gasteiger partial charge on any atom is -0.311 e. The van der Waals surface area contributed by atoms with Crippen LogP contribution in [0.2, 0.25) is 0 Å². The van der Waals surface area contributed by atoms with Gasteiger partial charge in [0.2, 0.25) is 0 Å². The van der Waals surface area contributed by atoms with Crippen LogP contribution in [0.4, 0.5) is 34.1 Å². The van der Waals surface area contributed by atoms with Crippen LogP contribution in [0.25, 0.3) is 79.5 Å². The highest BCUT2D eigenvalue weighted by Crippen LogP contribution is 2.50. The Labute approximate surface area is 537 Å². The maximum absolute atomic E-state index is 5.50. The lowest BCUT2D eigenvalue weighted by Gasteiger charge is -2.45. The van der Waals surface area contributed by atoms with E-state index in [2.05, 4.69) is 257 Å². The largest absolute Gasteiger partial charge is 0.311 e. The van der Waals surface area contributed by atoms with Gasteiger partial charge < -0.3 is 9.80 Å². The second-order valence-corrected chi connectivity index (χ2v) is 28.5. The zero-order valence-corrected chi connectivity index (χ0v) is 54.2. The van der Waals surface area contributed by atoms with Crippen molar-refractivity contribution in [2.45, 2.75) is 105 Å². The molecule has 4 heterocycles. The summed E-state index contributed by atoms with van der Waals surface area (Å²) in [5.74, 6) is 3.28. The van der Waals surface area contributed by atoms with Crippen molar-refractivity contribution in [1.82, 2.24) is 29.9 Å². The van der Waals surface area contributed by atoms with Gasteiger partial charge in [-0.2, -0.15) is 0 Å². The third kappa shape index (κ3) is 11.0. The molecule has 0 N–H and O–H groups in total. The van der Waals surface area contributed by atoms with E-state index >= 15 is 0 Å². The standard InChI is InChI=1S/C82H75BN8/c1-79(2,3)57-36-42-61(43-37-57)90-67-46-40-59(81(7,8)9)50-65(67)83-66-51-60(82(10,11)12)41-47-68(66)91(62-44-38-58(39-45-62)80(4,5)6)70-49-56(48-69(90)72(70)83)71-63(77-86-73(52-26-17-13-18-27-52)84-74(87-77)53-28-19-14-20-29-53)34-25-35-64(71)78-88-75(54-30-21-15-22-31-54)85-76(89-78)55-32-23-16-24-33-55/h13-51H,1-12H3. The Balaban J connectivity index is 1.15. The fraction of sp³-hybridized carbons (Fsp3) is 0.195. The van der Waals surface area contributed by atoms with Crippen molar-refractivity contribution in [2.75, 3.05) is 9.80 Å². The first-order valence-electron chi connectivity index (χ1n) is 31.8. The molecule has 10 aromatic carbocycles. The molecule has 12 aromatic rings. The third-order valence-electron chi connectivity index (χ3n) is 18.0. The molecule has 8 nitrogen and oxygen atoms in total. The molecule has 2 aliphatic heterocycles. The van der Waals surface area contributed by atoms with Crippen LogP contribution in [0.3, 0.4) is 0 Å². The lowest BCUT2D eigenvalue weighted by atomic mass is 9.33. The van der Waals surface area contributed by atoms with E-state index in [-0.39, 0.29) is 28.4 Å². The summed E-state index contributed by atoms with van der Waals surface area (Å²) in [6.45, 7) is 27.5. The summed E-state index contributed by atoms with van der Waals surface area (Å²) in [6, 6.07) is 85.1. The molecule has 0 fully saturated rings. The summed E-state index contributed by atoms with van der Waals surface area (Å²) < 4.78 is 0. The van der Waals surface area contributed by atoms with Crippen LogP contribution in [0.5, 0.6) is 0 Å². The number of aromatic nitrogens is 6. The number of benzene rings is 10. The Morgan fingerprint density at radius 1 is 0.264 bits per heavy atom. The van der Waals surface area contributed by atoms with E-state index in [1.54, 1.807) is 0 Å². The second-order valence-electron chi connectivity index (χ2n) is 28.5. The van der Waals surface area contributed by atoms with Crippen LogP contribution < -0.4 is 26.2 Å². The molecular formula is C82H75BN8. The van der Waals surface area contributed by atoms with Crippen molar-refractivity contribution in [3.63, 3.8) is 0 Å². The molecule has 446 valence electrons. The normalized spacial score (nSPS) is 13.0. The number of hydrogen-bond donors (Lipinski definition) is 0. The minimum atomic E-state index is -0.158. The fourth-order valence-corrected chi connectivity index (χ4v) is 13.0. The predicted molar refractivity (Wildman–Crippen MR) is 380 cm³/mol. The molecule has 0 saturated heterocycles.